The lowest BCUT2D eigenvalue weighted by Crippen LogP contribution is -2.19. The summed E-state index contributed by atoms with van der Waals surface area (Å²) in [4.78, 5) is 4.33. The molecule has 0 saturated carbocycles. The first kappa shape index (κ1) is 14.9. The smallest absolute Gasteiger partial charge is 0.0702 e. The van der Waals surface area contributed by atoms with Gasteiger partial charge in [-0.15, -0.1) is 0 Å². The summed E-state index contributed by atoms with van der Waals surface area (Å²) in [5.74, 6) is 0.717. The number of ether oxygens (including phenoxy) is 1. The van der Waals surface area contributed by atoms with Crippen molar-refractivity contribution in [1.29, 1.82) is 0 Å². The first-order chi connectivity index (χ1) is 9.75. The molecule has 1 aromatic carbocycles. The number of hydrogen-bond acceptors (Lipinski definition) is 3. The third kappa shape index (κ3) is 4.91. The molecule has 0 amide bonds. The van der Waals surface area contributed by atoms with Crippen LogP contribution in [0, 0.1) is 5.92 Å². The van der Waals surface area contributed by atoms with E-state index in [9.17, 15) is 0 Å². The van der Waals surface area contributed by atoms with Crippen LogP contribution in [-0.4, -0.2) is 24.7 Å². The zero-order chi connectivity index (χ0) is 14.2. The van der Waals surface area contributed by atoms with E-state index in [0.717, 1.165) is 38.2 Å². The molecule has 0 atom stereocenters. The number of hydrogen-bond donors (Lipinski definition) is 1. The molecule has 0 aliphatic rings. The SMILES string of the molecule is CC(C)CCOCCNCc1ccc2ncccc2c1. The fourth-order valence-corrected chi connectivity index (χ4v) is 2.03. The molecule has 1 N–H and O–H groups in total. The second-order valence-electron chi connectivity index (χ2n) is 5.50. The lowest BCUT2D eigenvalue weighted by Gasteiger charge is -2.08. The van der Waals surface area contributed by atoms with Crippen LogP contribution in [0.2, 0.25) is 0 Å². The largest absolute Gasteiger partial charge is 0.380 e. The average Bonchev–Trinajstić information content (AvgIpc) is 2.46. The zero-order valence-corrected chi connectivity index (χ0v) is 12.4. The van der Waals surface area contributed by atoms with Gasteiger partial charge >= 0.3 is 0 Å². The van der Waals surface area contributed by atoms with Gasteiger partial charge in [0, 0.05) is 31.3 Å². The summed E-state index contributed by atoms with van der Waals surface area (Å²) in [5, 5.41) is 4.60. The van der Waals surface area contributed by atoms with E-state index in [-0.39, 0.29) is 0 Å². The van der Waals surface area contributed by atoms with Crippen LogP contribution < -0.4 is 5.32 Å². The van der Waals surface area contributed by atoms with Gasteiger partial charge < -0.3 is 10.1 Å². The Kier molecular flexibility index (Phi) is 5.96. The monoisotopic (exact) mass is 272 g/mol. The number of rotatable bonds is 8. The molecule has 0 unspecified atom stereocenters. The van der Waals surface area contributed by atoms with Gasteiger partial charge in [-0.25, -0.2) is 0 Å². The van der Waals surface area contributed by atoms with Gasteiger partial charge in [0.05, 0.1) is 12.1 Å². The number of nitrogens with zero attached hydrogens (tertiary/aromatic N) is 1. The summed E-state index contributed by atoms with van der Waals surface area (Å²) in [6.07, 6.45) is 2.96. The van der Waals surface area contributed by atoms with Crippen molar-refractivity contribution in [2.75, 3.05) is 19.8 Å². The molecule has 2 rings (SSSR count). The van der Waals surface area contributed by atoms with Crippen LogP contribution in [0.4, 0.5) is 0 Å². The van der Waals surface area contributed by atoms with Gasteiger partial charge in [-0.2, -0.15) is 0 Å². The fourth-order valence-electron chi connectivity index (χ4n) is 2.03. The maximum absolute atomic E-state index is 5.58. The molecular formula is C17H24N2O. The van der Waals surface area contributed by atoms with Crippen LogP contribution in [-0.2, 0) is 11.3 Å². The summed E-state index contributed by atoms with van der Waals surface area (Å²) in [6, 6.07) is 10.5. The first-order valence-electron chi connectivity index (χ1n) is 7.38. The lowest BCUT2D eigenvalue weighted by atomic mass is 10.1. The molecule has 0 aliphatic carbocycles. The highest BCUT2D eigenvalue weighted by atomic mass is 16.5. The Balaban J connectivity index is 1.68. The van der Waals surface area contributed by atoms with E-state index in [1.165, 1.54) is 10.9 Å². The van der Waals surface area contributed by atoms with E-state index in [4.69, 9.17) is 4.74 Å². The lowest BCUT2D eigenvalue weighted by molar-refractivity contribution is 0.125. The second-order valence-corrected chi connectivity index (χ2v) is 5.50. The van der Waals surface area contributed by atoms with Gasteiger partial charge in [-0.3, -0.25) is 4.98 Å². The molecule has 0 bridgehead atoms. The predicted molar refractivity (Wildman–Crippen MR) is 83.7 cm³/mol. The van der Waals surface area contributed by atoms with Crippen LogP contribution in [0.5, 0.6) is 0 Å². The molecule has 1 aromatic heterocycles. The molecule has 1 heterocycles. The molecule has 0 radical (unpaired) electrons. The quantitative estimate of drug-likeness (QED) is 0.748. The van der Waals surface area contributed by atoms with Gasteiger partial charge in [0.15, 0.2) is 0 Å². The van der Waals surface area contributed by atoms with Gasteiger partial charge in [-0.1, -0.05) is 26.0 Å². The Morgan fingerprint density at radius 3 is 2.95 bits per heavy atom. The highest BCUT2D eigenvalue weighted by Crippen LogP contribution is 2.12. The Hall–Kier alpha value is -1.45. The highest BCUT2D eigenvalue weighted by Gasteiger charge is 1.97. The van der Waals surface area contributed by atoms with E-state index in [0.29, 0.717) is 5.92 Å². The van der Waals surface area contributed by atoms with Crippen LogP contribution in [0.25, 0.3) is 10.9 Å². The zero-order valence-electron chi connectivity index (χ0n) is 12.4. The van der Waals surface area contributed by atoms with Crippen molar-refractivity contribution in [2.24, 2.45) is 5.92 Å². The second kappa shape index (κ2) is 7.98. The summed E-state index contributed by atoms with van der Waals surface area (Å²) >= 11 is 0. The van der Waals surface area contributed by atoms with Crippen molar-refractivity contribution >= 4 is 10.9 Å². The average molecular weight is 272 g/mol. The summed E-state index contributed by atoms with van der Waals surface area (Å²) in [5.41, 5.74) is 2.33. The molecule has 3 heteroatoms. The third-order valence-electron chi connectivity index (χ3n) is 3.26. The molecule has 2 aromatic rings. The Morgan fingerprint density at radius 2 is 2.10 bits per heavy atom. The molecule has 20 heavy (non-hydrogen) atoms. The van der Waals surface area contributed by atoms with Gasteiger partial charge in [-0.05, 0) is 36.1 Å². The number of fused-ring (bicyclic) bond motifs is 1. The number of nitrogens with one attached hydrogen (secondary N) is 1. The van der Waals surface area contributed by atoms with Crippen LogP contribution >= 0.6 is 0 Å². The minimum Gasteiger partial charge on any atom is -0.380 e. The number of pyridine rings is 1. The standard InChI is InChI=1S/C17H24N2O/c1-14(2)7-10-20-11-9-18-13-15-5-6-17-16(12-15)4-3-8-19-17/h3-6,8,12,14,18H,7,9-11,13H2,1-2H3. The van der Waals surface area contributed by atoms with Crippen LogP contribution in [0.15, 0.2) is 36.5 Å². The van der Waals surface area contributed by atoms with Crippen LogP contribution in [0.3, 0.4) is 0 Å². The molecule has 0 fully saturated rings. The van der Waals surface area contributed by atoms with E-state index in [1.807, 2.05) is 12.3 Å². The Morgan fingerprint density at radius 1 is 1.20 bits per heavy atom. The molecule has 3 nitrogen and oxygen atoms in total. The molecular weight excluding hydrogens is 248 g/mol. The van der Waals surface area contributed by atoms with E-state index in [2.05, 4.69) is 48.4 Å². The molecule has 0 spiro atoms. The van der Waals surface area contributed by atoms with E-state index in [1.54, 1.807) is 0 Å². The van der Waals surface area contributed by atoms with E-state index >= 15 is 0 Å². The predicted octanol–water partition coefficient (Wildman–Crippen LogP) is 3.39. The number of benzene rings is 1. The van der Waals surface area contributed by atoms with Crippen molar-refractivity contribution in [3.05, 3.63) is 42.1 Å². The Bertz CT molecular complexity index is 525. The maximum Gasteiger partial charge on any atom is 0.0702 e. The van der Waals surface area contributed by atoms with Gasteiger partial charge in [0.1, 0.15) is 0 Å². The first-order valence-corrected chi connectivity index (χ1v) is 7.38. The minimum atomic E-state index is 0.717. The third-order valence-corrected chi connectivity index (χ3v) is 3.26. The van der Waals surface area contributed by atoms with Crippen molar-refractivity contribution in [3.63, 3.8) is 0 Å². The van der Waals surface area contributed by atoms with Crippen LogP contribution in [0.1, 0.15) is 25.8 Å². The van der Waals surface area contributed by atoms with Crippen molar-refractivity contribution in [1.82, 2.24) is 10.3 Å². The summed E-state index contributed by atoms with van der Waals surface area (Å²) in [7, 11) is 0. The Labute approximate surface area is 121 Å². The topological polar surface area (TPSA) is 34.1 Å². The minimum absolute atomic E-state index is 0.717. The molecule has 0 aliphatic heterocycles. The van der Waals surface area contributed by atoms with Crippen molar-refractivity contribution in [3.8, 4) is 0 Å². The van der Waals surface area contributed by atoms with Gasteiger partial charge in [0.25, 0.3) is 0 Å². The summed E-state index contributed by atoms with van der Waals surface area (Å²) < 4.78 is 5.58. The highest BCUT2D eigenvalue weighted by molar-refractivity contribution is 5.78. The normalized spacial score (nSPS) is 11.3. The maximum atomic E-state index is 5.58. The molecule has 0 saturated heterocycles. The summed E-state index contributed by atoms with van der Waals surface area (Å²) in [6.45, 7) is 7.84. The van der Waals surface area contributed by atoms with Gasteiger partial charge in [0.2, 0.25) is 0 Å². The number of aromatic nitrogens is 1. The molecule has 108 valence electrons. The van der Waals surface area contributed by atoms with E-state index < -0.39 is 0 Å². The van der Waals surface area contributed by atoms with Crippen molar-refractivity contribution in [2.45, 2.75) is 26.8 Å². The fraction of sp³-hybridized carbons (Fsp3) is 0.471. The van der Waals surface area contributed by atoms with Crippen molar-refractivity contribution < 1.29 is 4.74 Å².